The highest BCUT2D eigenvalue weighted by atomic mass is 16.2. The fraction of sp³-hybridized carbons (Fsp3) is 0.423. The molecule has 1 aliphatic rings. The van der Waals surface area contributed by atoms with E-state index < -0.39 is 23.3 Å². The third-order valence-corrected chi connectivity index (χ3v) is 6.53. The maximum absolute atomic E-state index is 13.6. The zero-order chi connectivity index (χ0) is 26.0. The van der Waals surface area contributed by atoms with Gasteiger partial charge in [0.1, 0.15) is 0 Å². The van der Waals surface area contributed by atoms with Crippen LogP contribution >= 0.6 is 0 Å². The second-order valence-electron chi connectivity index (χ2n) is 10.3. The average molecular weight is 492 g/mol. The van der Waals surface area contributed by atoms with Gasteiger partial charge in [-0.15, -0.1) is 0 Å². The van der Waals surface area contributed by atoms with Crippen molar-refractivity contribution in [1.82, 2.24) is 29.9 Å². The molecule has 0 saturated carbocycles. The average Bonchev–Trinajstić information content (AvgIpc) is 3.33. The Morgan fingerprint density at radius 3 is 2.50 bits per heavy atom. The van der Waals surface area contributed by atoms with Gasteiger partial charge in [-0.3, -0.25) is 24.5 Å². The molecule has 0 radical (unpaired) electrons. The minimum absolute atomic E-state index is 0.0261. The molecule has 0 aliphatic carbocycles. The van der Waals surface area contributed by atoms with Crippen LogP contribution in [0.1, 0.15) is 32.4 Å². The van der Waals surface area contributed by atoms with Crippen molar-refractivity contribution in [2.45, 2.75) is 32.9 Å². The van der Waals surface area contributed by atoms with Crippen LogP contribution in [0, 0.1) is 5.41 Å². The van der Waals surface area contributed by atoms with Gasteiger partial charge in [-0.25, -0.2) is 0 Å². The van der Waals surface area contributed by atoms with E-state index in [-0.39, 0.29) is 18.5 Å². The molecule has 3 aromatic rings. The van der Waals surface area contributed by atoms with E-state index in [4.69, 9.17) is 0 Å². The van der Waals surface area contributed by atoms with E-state index in [2.05, 4.69) is 20.5 Å². The molecule has 36 heavy (non-hydrogen) atoms. The molecule has 1 saturated heterocycles. The largest absolute Gasteiger partial charge is 0.335 e. The first-order valence-corrected chi connectivity index (χ1v) is 12.0. The third kappa shape index (κ3) is 5.08. The molecule has 1 fully saturated rings. The summed E-state index contributed by atoms with van der Waals surface area (Å²) in [6, 6.07) is 8.80. The molecule has 0 unspecified atom stereocenters. The van der Waals surface area contributed by atoms with E-state index in [1.807, 2.05) is 75.0 Å². The van der Waals surface area contributed by atoms with Gasteiger partial charge in [-0.2, -0.15) is 5.10 Å². The normalized spacial score (nSPS) is 18.5. The van der Waals surface area contributed by atoms with Crippen LogP contribution in [0.3, 0.4) is 0 Å². The van der Waals surface area contributed by atoms with Crippen LogP contribution in [0.5, 0.6) is 0 Å². The number of pyridine rings is 1. The number of anilines is 1. The number of nitrogens with zero attached hydrogens (tertiary/aromatic N) is 5. The van der Waals surface area contributed by atoms with Crippen molar-refractivity contribution in [3.8, 4) is 0 Å². The summed E-state index contributed by atoms with van der Waals surface area (Å²) in [5.74, 6) is -1.40. The van der Waals surface area contributed by atoms with Crippen molar-refractivity contribution in [1.29, 1.82) is 0 Å². The number of nitrogens with one attached hydrogen (secondary N) is 2. The van der Waals surface area contributed by atoms with E-state index in [1.165, 1.54) is 6.20 Å². The third-order valence-electron chi connectivity index (χ3n) is 6.53. The zero-order valence-electron chi connectivity index (χ0n) is 21.4. The Kier molecular flexibility index (Phi) is 7.07. The SMILES string of the molecule is C[C@@H]1CN(C(=O)C(=O)Nc2cncc3cn[nH]c23)[C@@H](c2ccccc2)CN1C(=O)C(C)(C)CN(C)C. The summed E-state index contributed by atoms with van der Waals surface area (Å²) in [5, 5.41) is 10.2. The fourth-order valence-electron chi connectivity index (χ4n) is 4.96. The van der Waals surface area contributed by atoms with Crippen molar-refractivity contribution in [2.24, 2.45) is 5.41 Å². The smallest absolute Gasteiger partial charge is 0.314 e. The van der Waals surface area contributed by atoms with Crippen LogP contribution in [0.2, 0.25) is 0 Å². The first kappa shape index (κ1) is 25.3. The summed E-state index contributed by atoms with van der Waals surface area (Å²) >= 11 is 0. The Labute approximate surface area is 210 Å². The monoisotopic (exact) mass is 491 g/mol. The van der Waals surface area contributed by atoms with Crippen LogP contribution in [-0.4, -0.2) is 87.4 Å². The van der Waals surface area contributed by atoms with Gasteiger partial charge in [-0.05, 0) is 40.4 Å². The quantitative estimate of drug-likeness (QED) is 0.530. The number of benzene rings is 1. The molecule has 3 heterocycles. The second kappa shape index (κ2) is 10.1. The predicted octanol–water partition coefficient (Wildman–Crippen LogP) is 2.28. The number of H-pyrrole nitrogens is 1. The van der Waals surface area contributed by atoms with E-state index in [1.54, 1.807) is 17.3 Å². The van der Waals surface area contributed by atoms with E-state index >= 15 is 0 Å². The molecule has 1 aliphatic heterocycles. The van der Waals surface area contributed by atoms with Crippen LogP contribution < -0.4 is 5.32 Å². The molecule has 2 atom stereocenters. The van der Waals surface area contributed by atoms with Gasteiger partial charge in [0, 0.05) is 37.3 Å². The summed E-state index contributed by atoms with van der Waals surface area (Å²) in [6.45, 7) is 6.94. The molecule has 2 N–H and O–H groups in total. The number of rotatable bonds is 5. The molecule has 2 aromatic heterocycles. The Bertz CT molecular complexity index is 1250. The van der Waals surface area contributed by atoms with Crippen molar-refractivity contribution in [2.75, 3.05) is 39.0 Å². The first-order chi connectivity index (χ1) is 17.1. The number of aromatic nitrogens is 3. The lowest BCUT2D eigenvalue weighted by Gasteiger charge is -2.47. The van der Waals surface area contributed by atoms with Crippen molar-refractivity contribution >= 4 is 34.3 Å². The number of hydrogen-bond acceptors (Lipinski definition) is 6. The van der Waals surface area contributed by atoms with Gasteiger partial charge in [0.15, 0.2) is 0 Å². The number of aromatic amines is 1. The van der Waals surface area contributed by atoms with Crippen molar-refractivity contribution in [3.05, 3.63) is 54.5 Å². The van der Waals surface area contributed by atoms with Gasteiger partial charge in [0.25, 0.3) is 0 Å². The molecule has 10 heteroatoms. The van der Waals surface area contributed by atoms with Gasteiger partial charge in [-0.1, -0.05) is 30.3 Å². The lowest BCUT2D eigenvalue weighted by Crippen LogP contribution is -2.61. The van der Waals surface area contributed by atoms with E-state index in [0.29, 0.717) is 24.3 Å². The highest BCUT2D eigenvalue weighted by Gasteiger charge is 2.43. The molecule has 10 nitrogen and oxygen atoms in total. The summed E-state index contributed by atoms with van der Waals surface area (Å²) in [6.07, 6.45) is 4.70. The highest BCUT2D eigenvalue weighted by Crippen LogP contribution is 2.32. The predicted molar refractivity (Wildman–Crippen MR) is 137 cm³/mol. The van der Waals surface area contributed by atoms with Crippen LogP contribution in [-0.2, 0) is 14.4 Å². The fourth-order valence-corrected chi connectivity index (χ4v) is 4.96. The maximum atomic E-state index is 13.6. The highest BCUT2D eigenvalue weighted by molar-refractivity contribution is 6.40. The van der Waals surface area contributed by atoms with Crippen molar-refractivity contribution in [3.63, 3.8) is 0 Å². The summed E-state index contributed by atoms with van der Waals surface area (Å²) < 4.78 is 0. The molecular weight excluding hydrogens is 458 g/mol. The Morgan fingerprint density at radius 2 is 1.81 bits per heavy atom. The number of carbonyl (C=O) groups excluding carboxylic acids is 3. The minimum atomic E-state index is -0.764. The van der Waals surface area contributed by atoms with Crippen LogP contribution in [0.25, 0.3) is 10.9 Å². The topological polar surface area (TPSA) is 115 Å². The van der Waals surface area contributed by atoms with Gasteiger partial charge < -0.3 is 20.0 Å². The molecular formula is C26H33N7O3. The second-order valence-corrected chi connectivity index (χ2v) is 10.3. The van der Waals surface area contributed by atoms with Gasteiger partial charge >= 0.3 is 11.8 Å². The summed E-state index contributed by atoms with van der Waals surface area (Å²) in [4.78, 5) is 49.7. The van der Waals surface area contributed by atoms with Crippen molar-refractivity contribution < 1.29 is 14.4 Å². The lowest BCUT2D eigenvalue weighted by atomic mass is 9.88. The molecule has 4 rings (SSSR count). The minimum Gasteiger partial charge on any atom is -0.335 e. The lowest BCUT2D eigenvalue weighted by molar-refractivity contribution is -0.155. The number of fused-ring (bicyclic) bond motifs is 1. The zero-order valence-corrected chi connectivity index (χ0v) is 21.4. The first-order valence-electron chi connectivity index (χ1n) is 12.0. The number of piperazine rings is 1. The molecule has 0 spiro atoms. The standard InChI is InChI=1S/C26H33N7O3/c1-17-14-33(24(35)23(34)29-20-13-27-11-19-12-28-30-22(19)20)21(18-9-7-6-8-10-18)15-32(17)25(36)26(2,3)16-31(4)5/h6-13,17,21H,14-16H2,1-5H3,(H,28,30)(H,29,34)/t17-,21-/m1/s1. The van der Waals surface area contributed by atoms with Crippen LogP contribution in [0.4, 0.5) is 5.69 Å². The molecule has 3 amide bonds. The molecule has 1 aromatic carbocycles. The summed E-state index contributed by atoms with van der Waals surface area (Å²) in [5.41, 5.74) is 1.24. The Balaban J connectivity index is 1.60. The Morgan fingerprint density at radius 1 is 1.08 bits per heavy atom. The molecule has 190 valence electrons. The van der Waals surface area contributed by atoms with E-state index in [9.17, 15) is 14.4 Å². The summed E-state index contributed by atoms with van der Waals surface area (Å²) in [7, 11) is 3.89. The number of carbonyl (C=O) groups is 3. The molecule has 0 bridgehead atoms. The van der Waals surface area contributed by atoms with Gasteiger partial charge in [0.05, 0.1) is 35.1 Å². The number of amides is 3. The number of hydrogen-bond donors (Lipinski definition) is 2. The van der Waals surface area contributed by atoms with E-state index in [0.717, 1.165) is 10.9 Å². The maximum Gasteiger partial charge on any atom is 0.314 e. The van der Waals surface area contributed by atoms with Crippen LogP contribution in [0.15, 0.2) is 48.9 Å². The Hall–Kier alpha value is -3.79. The van der Waals surface area contributed by atoms with Gasteiger partial charge in [0.2, 0.25) is 5.91 Å².